The summed E-state index contributed by atoms with van der Waals surface area (Å²) in [5, 5.41) is 10.3. The summed E-state index contributed by atoms with van der Waals surface area (Å²) in [4.78, 5) is 14.9. The van der Waals surface area contributed by atoms with Crippen LogP contribution in [0.1, 0.15) is 0 Å². The van der Waals surface area contributed by atoms with E-state index in [1.807, 2.05) is 72.0 Å². The Balaban J connectivity index is 1.19. The highest BCUT2D eigenvalue weighted by molar-refractivity contribution is 7.27. The fourth-order valence-electron chi connectivity index (χ4n) is 7.89. The molecule has 11 rings (SSSR count). The molecule has 5 heteroatoms. The van der Waals surface area contributed by atoms with Gasteiger partial charge >= 0.3 is 0 Å². The number of hydrogen-bond acceptors (Lipinski definition) is 4. The van der Waals surface area contributed by atoms with Crippen molar-refractivity contribution in [3.63, 3.8) is 0 Å². The Bertz CT molecular complexity index is 3100. The maximum Gasteiger partial charge on any atom is 0.164 e. The molecule has 0 amide bonds. The normalized spacial score (nSPS) is 11.8. The van der Waals surface area contributed by atoms with Gasteiger partial charge in [0, 0.05) is 64.1 Å². The lowest BCUT2D eigenvalue weighted by molar-refractivity contribution is 1.07. The van der Waals surface area contributed by atoms with Crippen LogP contribution in [0.2, 0.25) is 0 Å². The summed E-state index contributed by atoms with van der Waals surface area (Å²) >= 11 is 1.90. The first-order valence-electron chi connectivity index (χ1n) is 17.5. The molecule has 0 N–H and O–H groups in total. The van der Waals surface area contributed by atoms with Gasteiger partial charge in [0.05, 0.1) is 11.0 Å². The third-order valence-corrected chi connectivity index (χ3v) is 11.4. The Morgan fingerprint density at radius 1 is 0.385 bits per heavy atom. The van der Waals surface area contributed by atoms with Gasteiger partial charge in [-0.25, -0.2) is 15.0 Å². The van der Waals surface area contributed by atoms with Gasteiger partial charge in [0.15, 0.2) is 17.5 Å². The van der Waals surface area contributed by atoms with Gasteiger partial charge in [-0.2, -0.15) is 0 Å². The third-order valence-electron chi connectivity index (χ3n) is 10.2. The first-order chi connectivity index (χ1) is 25.8. The van der Waals surface area contributed by atoms with E-state index in [0.29, 0.717) is 17.5 Å². The maximum atomic E-state index is 5.00. The fraction of sp³-hybridized carbons (Fsp3) is 0. The number of benzene rings is 8. The molecule has 0 aliphatic rings. The largest absolute Gasteiger partial charge is 0.309 e. The van der Waals surface area contributed by atoms with Crippen molar-refractivity contribution >= 4 is 74.9 Å². The van der Waals surface area contributed by atoms with E-state index in [0.717, 1.165) is 22.4 Å². The van der Waals surface area contributed by atoms with Crippen molar-refractivity contribution in [1.29, 1.82) is 0 Å². The van der Waals surface area contributed by atoms with Crippen LogP contribution in [-0.4, -0.2) is 19.5 Å². The standard InChI is InChI=1S/C47H28N4S/c1-3-14-30(15-4-1)45-48-46(31-16-5-2-6-17-31)50-47(49-45)32-23-26-33(27-24-32)51-38-28-25-29-13-7-8-18-34(29)40(38)42-41-37-21-11-12-22-39(37)52-44(41)36-20-10-9-19-35(36)43(42)51/h1-28H. The van der Waals surface area contributed by atoms with Crippen molar-refractivity contribution < 1.29 is 0 Å². The van der Waals surface area contributed by atoms with Gasteiger partial charge in [0.1, 0.15) is 0 Å². The van der Waals surface area contributed by atoms with Gasteiger partial charge < -0.3 is 4.57 Å². The lowest BCUT2D eigenvalue weighted by Gasteiger charge is -2.12. The summed E-state index contributed by atoms with van der Waals surface area (Å²) in [5.74, 6) is 1.95. The molecule has 8 aromatic carbocycles. The summed E-state index contributed by atoms with van der Waals surface area (Å²) in [6.45, 7) is 0. The van der Waals surface area contributed by atoms with Crippen molar-refractivity contribution in [3.05, 3.63) is 170 Å². The van der Waals surface area contributed by atoms with Crippen molar-refractivity contribution in [3.8, 4) is 39.9 Å². The van der Waals surface area contributed by atoms with Crippen LogP contribution in [0.4, 0.5) is 0 Å². The van der Waals surface area contributed by atoms with Crippen LogP contribution in [-0.2, 0) is 0 Å². The SMILES string of the molecule is c1ccc(-c2nc(-c3ccccc3)nc(-c3ccc(-n4c5ccc6ccccc6c5c5c6c7ccccc7sc6c6ccccc6c54)cc3)n2)cc1. The zero-order chi connectivity index (χ0) is 34.2. The number of fused-ring (bicyclic) bond motifs is 12. The Morgan fingerprint density at radius 3 is 1.60 bits per heavy atom. The molecule has 0 fully saturated rings. The summed E-state index contributed by atoms with van der Waals surface area (Å²) in [7, 11) is 0. The predicted octanol–water partition coefficient (Wildman–Crippen LogP) is 12.6. The second-order valence-electron chi connectivity index (χ2n) is 13.2. The van der Waals surface area contributed by atoms with Crippen LogP contribution >= 0.6 is 11.3 Å². The minimum Gasteiger partial charge on any atom is -0.309 e. The van der Waals surface area contributed by atoms with E-state index in [-0.39, 0.29) is 0 Å². The van der Waals surface area contributed by atoms with Crippen LogP contribution in [0.25, 0.3) is 103 Å². The lowest BCUT2D eigenvalue weighted by atomic mass is 9.97. The van der Waals surface area contributed by atoms with Gasteiger partial charge in [-0.05, 0) is 47.2 Å². The average Bonchev–Trinajstić information content (AvgIpc) is 3.78. The average molecular weight is 681 g/mol. The molecule has 52 heavy (non-hydrogen) atoms. The molecular formula is C47H28N4S. The molecule has 0 saturated carbocycles. The van der Waals surface area contributed by atoms with Crippen LogP contribution in [0.15, 0.2) is 170 Å². The summed E-state index contributed by atoms with van der Waals surface area (Å²) in [6.07, 6.45) is 0. The van der Waals surface area contributed by atoms with E-state index >= 15 is 0 Å². The van der Waals surface area contributed by atoms with E-state index in [1.54, 1.807) is 0 Å². The molecule has 0 aliphatic carbocycles. The number of aromatic nitrogens is 4. The highest BCUT2D eigenvalue weighted by Gasteiger charge is 2.23. The maximum absolute atomic E-state index is 5.00. The number of thiophene rings is 1. The van der Waals surface area contributed by atoms with Crippen molar-refractivity contribution in [2.24, 2.45) is 0 Å². The van der Waals surface area contributed by atoms with E-state index in [2.05, 4.69) is 114 Å². The molecule has 0 aliphatic heterocycles. The number of hydrogen-bond donors (Lipinski definition) is 0. The molecule has 242 valence electrons. The van der Waals surface area contributed by atoms with Gasteiger partial charge in [-0.3, -0.25) is 0 Å². The predicted molar refractivity (Wildman–Crippen MR) is 218 cm³/mol. The minimum absolute atomic E-state index is 0.643. The van der Waals surface area contributed by atoms with Crippen LogP contribution in [0.3, 0.4) is 0 Å². The van der Waals surface area contributed by atoms with E-state index in [9.17, 15) is 0 Å². The second kappa shape index (κ2) is 11.4. The van der Waals surface area contributed by atoms with Gasteiger partial charge in [0.25, 0.3) is 0 Å². The molecule has 0 bridgehead atoms. The molecule has 3 aromatic heterocycles. The molecule has 0 atom stereocenters. The van der Waals surface area contributed by atoms with Crippen LogP contribution < -0.4 is 0 Å². The quantitative estimate of drug-likeness (QED) is 0.186. The van der Waals surface area contributed by atoms with Gasteiger partial charge in [-0.15, -0.1) is 11.3 Å². The fourth-order valence-corrected chi connectivity index (χ4v) is 9.14. The van der Waals surface area contributed by atoms with Crippen molar-refractivity contribution in [2.45, 2.75) is 0 Å². The van der Waals surface area contributed by atoms with Gasteiger partial charge in [-0.1, -0.05) is 133 Å². The highest BCUT2D eigenvalue weighted by Crippen LogP contribution is 2.49. The summed E-state index contributed by atoms with van der Waals surface area (Å²) in [6, 6.07) is 60.1. The topological polar surface area (TPSA) is 43.6 Å². The van der Waals surface area contributed by atoms with E-state index in [1.165, 1.54) is 63.5 Å². The first-order valence-corrected chi connectivity index (χ1v) is 18.3. The molecule has 0 radical (unpaired) electrons. The Kier molecular flexibility index (Phi) is 6.39. The molecule has 0 saturated heterocycles. The summed E-state index contributed by atoms with van der Waals surface area (Å²) < 4.78 is 5.11. The highest BCUT2D eigenvalue weighted by atomic mass is 32.1. The Labute approximate surface area is 302 Å². The third kappa shape index (κ3) is 4.36. The summed E-state index contributed by atoms with van der Waals surface area (Å²) in [5.41, 5.74) is 6.34. The Hall–Kier alpha value is -6.69. The molecular weight excluding hydrogens is 653 g/mol. The first kappa shape index (κ1) is 29.1. The molecule has 3 heterocycles. The molecule has 4 nitrogen and oxygen atoms in total. The van der Waals surface area contributed by atoms with Crippen molar-refractivity contribution in [1.82, 2.24) is 19.5 Å². The number of rotatable bonds is 4. The van der Waals surface area contributed by atoms with E-state index < -0.39 is 0 Å². The minimum atomic E-state index is 0.643. The number of nitrogens with zero attached hydrogens (tertiary/aromatic N) is 4. The lowest BCUT2D eigenvalue weighted by Crippen LogP contribution is -2.00. The molecule has 11 aromatic rings. The zero-order valence-electron chi connectivity index (χ0n) is 27.9. The molecule has 0 spiro atoms. The van der Waals surface area contributed by atoms with Crippen molar-refractivity contribution in [2.75, 3.05) is 0 Å². The molecule has 0 unspecified atom stereocenters. The Morgan fingerprint density at radius 2 is 0.923 bits per heavy atom. The van der Waals surface area contributed by atoms with Gasteiger partial charge in [0.2, 0.25) is 0 Å². The second-order valence-corrected chi connectivity index (χ2v) is 14.2. The van der Waals surface area contributed by atoms with Crippen LogP contribution in [0.5, 0.6) is 0 Å². The van der Waals surface area contributed by atoms with E-state index in [4.69, 9.17) is 15.0 Å². The smallest absolute Gasteiger partial charge is 0.164 e. The zero-order valence-corrected chi connectivity index (χ0v) is 28.7. The van der Waals surface area contributed by atoms with Crippen LogP contribution in [0, 0.1) is 0 Å². The monoisotopic (exact) mass is 680 g/mol.